The second-order valence-corrected chi connectivity index (χ2v) is 7.32. The van der Waals surface area contributed by atoms with Crippen molar-refractivity contribution in [3.05, 3.63) is 41.7 Å². The van der Waals surface area contributed by atoms with E-state index in [9.17, 15) is 14.4 Å². The Morgan fingerprint density at radius 1 is 1.21 bits per heavy atom. The van der Waals surface area contributed by atoms with Gasteiger partial charge in [0.15, 0.2) is 5.69 Å². The van der Waals surface area contributed by atoms with Crippen LogP contribution in [0.15, 0.2) is 30.5 Å². The molecule has 0 unspecified atom stereocenters. The number of benzene rings is 1. The van der Waals surface area contributed by atoms with Gasteiger partial charge in [-0.3, -0.25) is 14.4 Å². The molecule has 1 aromatic carbocycles. The minimum Gasteiger partial charge on any atom is -0.364 e. The lowest BCUT2D eigenvalue weighted by atomic mass is 10.1. The average Bonchev–Trinajstić information content (AvgIpc) is 3.40. The van der Waals surface area contributed by atoms with Gasteiger partial charge in [-0.1, -0.05) is 30.2 Å². The summed E-state index contributed by atoms with van der Waals surface area (Å²) in [6, 6.07) is 7.19. The quantitative estimate of drug-likeness (QED) is 0.615. The number of rotatable bonds is 8. The van der Waals surface area contributed by atoms with Gasteiger partial charge in [0, 0.05) is 18.9 Å². The summed E-state index contributed by atoms with van der Waals surface area (Å²) in [6.07, 6.45) is 5.82. The molecule has 9 nitrogen and oxygen atoms in total. The molecule has 1 saturated carbocycles. The van der Waals surface area contributed by atoms with Crippen molar-refractivity contribution in [3.63, 3.8) is 0 Å². The highest BCUT2D eigenvalue weighted by atomic mass is 16.2. The van der Waals surface area contributed by atoms with Crippen LogP contribution in [0.1, 0.15) is 61.1 Å². The Morgan fingerprint density at radius 2 is 1.90 bits per heavy atom. The summed E-state index contributed by atoms with van der Waals surface area (Å²) >= 11 is 0. The lowest BCUT2D eigenvalue weighted by Crippen LogP contribution is -2.34. The Hall–Kier alpha value is -3.23. The summed E-state index contributed by atoms with van der Waals surface area (Å²) in [5, 5.41) is 13.4. The molecule has 4 N–H and O–H groups in total. The maximum Gasteiger partial charge on any atom is 0.270 e. The van der Waals surface area contributed by atoms with Gasteiger partial charge in [0.05, 0.1) is 17.9 Å². The molecule has 1 fully saturated rings. The normalized spacial score (nSPS) is 15.1. The van der Waals surface area contributed by atoms with Gasteiger partial charge in [-0.15, -0.1) is 5.10 Å². The summed E-state index contributed by atoms with van der Waals surface area (Å²) in [6.45, 7) is 2.24. The Morgan fingerprint density at radius 3 is 2.52 bits per heavy atom. The van der Waals surface area contributed by atoms with Gasteiger partial charge in [0.1, 0.15) is 0 Å². The topological polar surface area (TPSA) is 132 Å². The fourth-order valence-electron chi connectivity index (χ4n) is 3.45. The molecule has 0 saturated heterocycles. The number of carbonyl (C=O) groups is 3. The molecule has 1 aliphatic carbocycles. The fourth-order valence-corrected chi connectivity index (χ4v) is 3.45. The van der Waals surface area contributed by atoms with E-state index in [0.717, 1.165) is 36.9 Å². The van der Waals surface area contributed by atoms with Crippen molar-refractivity contribution in [1.29, 1.82) is 0 Å². The molecule has 154 valence electrons. The number of hydrogen-bond acceptors (Lipinski definition) is 5. The van der Waals surface area contributed by atoms with E-state index in [4.69, 9.17) is 5.73 Å². The molecule has 3 amide bonds. The summed E-state index contributed by atoms with van der Waals surface area (Å²) in [5.74, 6) is -0.578. The van der Waals surface area contributed by atoms with Crippen LogP contribution in [0.25, 0.3) is 5.69 Å². The molecule has 1 atom stereocenters. The minimum absolute atomic E-state index is 0.0616. The van der Waals surface area contributed by atoms with Crippen molar-refractivity contribution in [3.8, 4) is 5.69 Å². The van der Waals surface area contributed by atoms with Crippen molar-refractivity contribution in [2.45, 2.75) is 45.1 Å². The average molecular weight is 398 g/mol. The third-order valence-electron chi connectivity index (χ3n) is 5.16. The van der Waals surface area contributed by atoms with Gasteiger partial charge in [-0.05, 0) is 37.5 Å². The van der Waals surface area contributed by atoms with Gasteiger partial charge in [-0.25, -0.2) is 4.68 Å². The van der Waals surface area contributed by atoms with Crippen molar-refractivity contribution in [2.24, 2.45) is 11.7 Å². The number of nitrogens with two attached hydrogens (primary N) is 1. The maximum absolute atomic E-state index is 12.2. The third kappa shape index (κ3) is 5.40. The predicted molar refractivity (Wildman–Crippen MR) is 106 cm³/mol. The van der Waals surface area contributed by atoms with E-state index in [2.05, 4.69) is 20.9 Å². The highest BCUT2D eigenvalue weighted by molar-refractivity contribution is 5.90. The second kappa shape index (κ2) is 9.31. The lowest BCUT2D eigenvalue weighted by molar-refractivity contribution is -0.125. The monoisotopic (exact) mass is 398 g/mol. The Labute approximate surface area is 169 Å². The van der Waals surface area contributed by atoms with Gasteiger partial charge >= 0.3 is 0 Å². The minimum atomic E-state index is -0.636. The summed E-state index contributed by atoms with van der Waals surface area (Å²) in [4.78, 5) is 35.2. The number of nitrogens with one attached hydrogen (secondary N) is 2. The molecule has 0 spiro atoms. The van der Waals surface area contributed by atoms with Crippen molar-refractivity contribution in [1.82, 2.24) is 25.6 Å². The van der Waals surface area contributed by atoms with E-state index in [1.165, 1.54) is 10.9 Å². The van der Waals surface area contributed by atoms with E-state index >= 15 is 0 Å². The molecular formula is C20H26N6O3. The van der Waals surface area contributed by atoms with Crippen LogP contribution in [0.2, 0.25) is 0 Å². The first-order valence-electron chi connectivity index (χ1n) is 9.83. The number of carbonyl (C=O) groups excluding carboxylic acids is 3. The Kier molecular flexibility index (Phi) is 6.58. The summed E-state index contributed by atoms with van der Waals surface area (Å²) in [7, 11) is 0. The molecule has 1 aromatic heterocycles. The zero-order valence-electron chi connectivity index (χ0n) is 16.4. The van der Waals surface area contributed by atoms with Crippen LogP contribution in [-0.4, -0.2) is 39.3 Å². The van der Waals surface area contributed by atoms with Gasteiger partial charge in [-0.2, -0.15) is 0 Å². The van der Waals surface area contributed by atoms with Gasteiger partial charge < -0.3 is 16.4 Å². The van der Waals surface area contributed by atoms with Crippen LogP contribution in [0.3, 0.4) is 0 Å². The fraction of sp³-hybridized carbons (Fsp3) is 0.450. The number of aromatic nitrogens is 3. The SMILES string of the molecule is C[C@@H](NC(=O)CCNC(=O)C1CCCC1)c1ccc(-n2cc(C(N)=O)nn2)cc1. The smallest absolute Gasteiger partial charge is 0.270 e. The van der Waals surface area contributed by atoms with E-state index in [1.54, 1.807) is 0 Å². The maximum atomic E-state index is 12.2. The van der Waals surface area contributed by atoms with Crippen molar-refractivity contribution in [2.75, 3.05) is 6.54 Å². The van der Waals surface area contributed by atoms with Crippen molar-refractivity contribution < 1.29 is 14.4 Å². The van der Waals surface area contributed by atoms with Crippen LogP contribution < -0.4 is 16.4 Å². The van der Waals surface area contributed by atoms with E-state index in [1.807, 2.05) is 31.2 Å². The Bertz CT molecular complexity index is 871. The first-order chi connectivity index (χ1) is 13.9. The first-order valence-corrected chi connectivity index (χ1v) is 9.83. The highest BCUT2D eigenvalue weighted by Gasteiger charge is 2.22. The molecule has 1 aliphatic rings. The molecular weight excluding hydrogens is 372 g/mol. The van der Waals surface area contributed by atoms with Gasteiger partial charge in [0.2, 0.25) is 11.8 Å². The molecule has 3 rings (SSSR count). The summed E-state index contributed by atoms with van der Waals surface area (Å²) < 4.78 is 1.46. The summed E-state index contributed by atoms with van der Waals surface area (Å²) in [5.41, 5.74) is 6.92. The molecule has 0 radical (unpaired) electrons. The molecule has 0 bridgehead atoms. The van der Waals surface area contributed by atoms with E-state index < -0.39 is 5.91 Å². The van der Waals surface area contributed by atoms with Crippen LogP contribution in [0, 0.1) is 5.92 Å². The van der Waals surface area contributed by atoms with Crippen LogP contribution in [-0.2, 0) is 9.59 Å². The molecule has 2 aromatic rings. The van der Waals surface area contributed by atoms with Crippen LogP contribution >= 0.6 is 0 Å². The number of primary amides is 1. The first kappa shape index (κ1) is 20.5. The van der Waals surface area contributed by atoms with Crippen LogP contribution in [0.4, 0.5) is 0 Å². The number of amides is 3. The van der Waals surface area contributed by atoms with Crippen molar-refractivity contribution >= 4 is 17.7 Å². The predicted octanol–water partition coefficient (Wildman–Crippen LogP) is 1.24. The standard InChI is InChI=1S/C20H26N6O3/c1-13(23-18(27)10-11-22-20(29)15-4-2-3-5-15)14-6-8-16(9-7-14)26-12-17(19(21)28)24-25-26/h6-9,12-13,15H,2-5,10-11H2,1H3,(H2,21,28)(H,22,29)(H,23,27)/t13-/m1/s1. The molecule has 29 heavy (non-hydrogen) atoms. The van der Waals surface area contributed by atoms with Gasteiger partial charge in [0.25, 0.3) is 5.91 Å². The Balaban J connectivity index is 1.46. The number of hydrogen-bond donors (Lipinski definition) is 3. The molecule has 9 heteroatoms. The highest BCUT2D eigenvalue weighted by Crippen LogP contribution is 2.24. The molecule has 1 heterocycles. The molecule has 0 aliphatic heterocycles. The third-order valence-corrected chi connectivity index (χ3v) is 5.16. The van der Waals surface area contributed by atoms with E-state index in [-0.39, 0.29) is 35.9 Å². The van der Waals surface area contributed by atoms with E-state index in [0.29, 0.717) is 6.54 Å². The zero-order chi connectivity index (χ0) is 20.8. The second-order valence-electron chi connectivity index (χ2n) is 7.32. The lowest BCUT2D eigenvalue weighted by Gasteiger charge is -2.15. The van der Waals surface area contributed by atoms with Crippen LogP contribution in [0.5, 0.6) is 0 Å². The zero-order valence-corrected chi connectivity index (χ0v) is 16.4. The largest absolute Gasteiger partial charge is 0.364 e. The number of nitrogens with zero attached hydrogens (tertiary/aromatic N) is 3.